The number of benzene rings is 5. The van der Waals surface area contributed by atoms with E-state index in [2.05, 4.69) is 107 Å². The van der Waals surface area contributed by atoms with Gasteiger partial charge >= 0.3 is 24.4 Å². The van der Waals surface area contributed by atoms with Crippen molar-refractivity contribution < 1.29 is 57.9 Å². The van der Waals surface area contributed by atoms with Crippen LogP contribution in [0.2, 0.25) is 0 Å². The van der Waals surface area contributed by atoms with Gasteiger partial charge in [-0.3, -0.25) is 19.4 Å². The monoisotopic (exact) mass is 1410 g/mol. The molecule has 0 radical (unpaired) electrons. The number of nitrogens with one attached hydrogen (secondary N) is 6. The Labute approximate surface area is 601 Å². The summed E-state index contributed by atoms with van der Waals surface area (Å²) in [5, 5.41) is 27.0. The van der Waals surface area contributed by atoms with E-state index in [1.165, 1.54) is 29.6 Å². The number of carboxylic acid groups (broad SMARTS) is 2. The van der Waals surface area contributed by atoms with Crippen molar-refractivity contribution >= 4 is 58.0 Å². The third-order valence-electron chi connectivity index (χ3n) is 22.5. The molecule has 5 aromatic carbocycles. The molecular formula is C78H88N14O12. The fourth-order valence-electron chi connectivity index (χ4n) is 17.0. The standard InChI is InChI=1S/C39H45N7O6.C39H43N7O6/c2*1-19(2)33(44-38(48)51-5)37(47)45-20(3)6-13-31(45)36-41-28-11-9-22-15-27-25-10-8-23(14-24(25)18-52-32(27)16-26(22)34(28)43-36)29-17-40-35(42-29)30-12-7-21(4)46(30)39(49)50/h8,10,14-17,19-21,30-31,33H,6-7,9,11-13,18H2,1-5H3,(H,40,42)(H,41,43)(H,44,48)(H,49,50);8-11,14-17,19-21,30-31,33H,6-7,12-13,18H2,1-5H3,(H,40,42)(H,41,43)(H,44,48)(H,49,50)/t20-,21?,30-,31-,33-;20?,21?,30-,31-,33-/m00/s1. The first-order valence-corrected chi connectivity index (χ1v) is 36.2. The summed E-state index contributed by atoms with van der Waals surface area (Å²) in [6, 6.07) is 22.7. The number of hydrogen-bond acceptors (Lipinski definition) is 14. The van der Waals surface area contributed by atoms with Gasteiger partial charge in [0.2, 0.25) is 11.8 Å². The van der Waals surface area contributed by atoms with Crippen LogP contribution >= 0.6 is 0 Å². The molecule has 26 nitrogen and oxygen atoms in total. The number of rotatable bonds is 12. The van der Waals surface area contributed by atoms with Crippen LogP contribution in [0.3, 0.4) is 0 Å². The summed E-state index contributed by atoms with van der Waals surface area (Å²) in [5.41, 5.74) is 15.9. The van der Waals surface area contributed by atoms with Crippen molar-refractivity contribution in [1.29, 1.82) is 0 Å². The van der Waals surface area contributed by atoms with E-state index in [4.69, 9.17) is 28.9 Å². The quantitative estimate of drug-likeness (QED) is 0.0563. The summed E-state index contributed by atoms with van der Waals surface area (Å²) in [6.45, 7) is 16.4. The molecule has 8 N–H and O–H groups in total. The SMILES string of the molecule is COC(=O)N[C@H](C(=O)N1C(C)CC[C@H]1c1nc2c(ccc3cc4c(cc32)OCc2cc(-c3cnc([C@@H]5CCC(C)N5C(=O)O)[nH]3)ccc2-4)[nH]1)C(C)C.COC(=O)N[C@H](C(=O)N1[C@@H](C)CC[C@H]1c1nc2c([nH]1)CCc1cc3c(cc1-2)OCc1cc(-c2cnc([C@@H]4CCC(C)N4C(=O)O)[nH]2)ccc1-3)C(C)C. The van der Waals surface area contributed by atoms with E-state index in [-0.39, 0.29) is 72.0 Å². The molecule has 9 aromatic rings. The van der Waals surface area contributed by atoms with Crippen molar-refractivity contribution in [3.8, 4) is 67.5 Å². The van der Waals surface area contributed by atoms with Gasteiger partial charge in [0.05, 0.1) is 78.9 Å². The first-order valence-electron chi connectivity index (χ1n) is 36.2. The van der Waals surface area contributed by atoms with E-state index in [0.29, 0.717) is 24.9 Å². The van der Waals surface area contributed by atoms with Crippen LogP contribution in [0, 0.1) is 11.8 Å². The number of methoxy groups -OCH3 is 2. The predicted octanol–water partition coefficient (Wildman–Crippen LogP) is 14.1. The van der Waals surface area contributed by atoms with Gasteiger partial charge in [0.15, 0.2) is 0 Å². The number of likely N-dealkylation sites (tertiary alicyclic amines) is 4. The van der Waals surface area contributed by atoms with E-state index < -0.39 is 36.5 Å². The molecule has 6 amide bonds. The Morgan fingerprint density at radius 3 is 1.46 bits per heavy atom. The number of imidazole rings is 4. The molecule has 6 aliphatic heterocycles. The number of aryl methyl sites for hydroxylation is 2. The van der Waals surface area contributed by atoms with Crippen LogP contribution < -0.4 is 20.1 Å². The maximum Gasteiger partial charge on any atom is 0.408 e. The highest BCUT2D eigenvalue weighted by molar-refractivity contribution is 6.07. The van der Waals surface area contributed by atoms with Gasteiger partial charge < -0.3 is 69.5 Å². The lowest BCUT2D eigenvalue weighted by Gasteiger charge is -2.32. The topological polar surface area (TPSA) is 332 Å². The van der Waals surface area contributed by atoms with Crippen LogP contribution in [-0.2, 0) is 45.1 Å². The second-order valence-corrected chi connectivity index (χ2v) is 29.6. The number of H-pyrrole nitrogens is 4. The van der Waals surface area contributed by atoms with Crippen molar-refractivity contribution in [2.75, 3.05) is 14.2 Å². The highest BCUT2D eigenvalue weighted by atomic mass is 16.5. The minimum Gasteiger partial charge on any atom is -0.488 e. The Hall–Kier alpha value is -10.9. The van der Waals surface area contributed by atoms with E-state index in [1.807, 2.05) is 71.3 Å². The van der Waals surface area contributed by atoms with Gasteiger partial charge in [-0.2, -0.15) is 0 Å². The molecule has 7 aliphatic rings. The third kappa shape index (κ3) is 12.3. The van der Waals surface area contributed by atoms with Crippen molar-refractivity contribution in [3.05, 3.63) is 131 Å². The zero-order chi connectivity index (χ0) is 72.8. The summed E-state index contributed by atoms with van der Waals surface area (Å²) in [4.78, 5) is 116. The van der Waals surface area contributed by atoms with E-state index in [0.717, 1.165) is 182 Å². The number of nitrogens with zero attached hydrogens (tertiary/aromatic N) is 8. The first-order chi connectivity index (χ1) is 50.0. The molecule has 16 rings (SSSR count). The molecule has 104 heavy (non-hydrogen) atoms. The summed E-state index contributed by atoms with van der Waals surface area (Å²) >= 11 is 0. The van der Waals surface area contributed by atoms with Crippen LogP contribution in [0.5, 0.6) is 11.5 Å². The first kappa shape index (κ1) is 68.8. The smallest absolute Gasteiger partial charge is 0.408 e. The summed E-state index contributed by atoms with van der Waals surface area (Å²) in [7, 11) is 2.59. The van der Waals surface area contributed by atoms with Crippen molar-refractivity contribution in [2.45, 2.75) is 193 Å². The maximum atomic E-state index is 13.9. The number of alkyl carbamates (subject to hydrolysis) is 2. The van der Waals surface area contributed by atoms with E-state index >= 15 is 0 Å². The van der Waals surface area contributed by atoms with Gasteiger partial charge in [-0.05, 0) is 191 Å². The van der Waals surface area contributed by atoms with Crippen LogP contribution in [-0.4, -0.2) is 156 Å². The van der Waals surface area contributed by atoms with Gasteiger partial charge in [-0.15, -0.1) is 0 Å². The van der Waals surface area contributed by atoms with Crippen LogP contribution in [0.15, 0.2) is 85.2 Å². The summed E-state index contributed by atoms with van der Waals surface area (Å²) in [5.74, 6) is 3.89. The molecular weight excluding hydrogens is 1320 g/mol. The van der Waals surface area contributed by atoms with Gasteiger partial charge in [0, 0.05) is 51.9 Å². The van der Waals surface area contributed by atoms with Crippen LogP contribution in [0.25, 0.3) is 77.8 Å². The average molecular weight is 1410 g/mol. The molecule has 10 atom stereocenters. The number of carbonyl (C=O) groups is 6. The number of hydrogen-bond donors (Lipinski definition) is 8. The highest BCUT2D eigenvalue weighted by Crippen LogP contribution is 2.49. The molecule has 0 saturated carbocycles. The second kappa shape index (κ2) is 27.4. The summed E-state index contributed by atoms with van der Waals surface area (Å²) < 4.78 is 22.4. The number of amides is 6. The lowest BCUT2D eigenvalue weighted by atomic mass is 9.86. The highest BCUT2D eigenvalue weighted by Gasteiger charge is 2.45. The number of aromatic nitrogens is 8. The predicted molar refractivity (Wildman–Crippen MR) is 387 cm³/mol. The molecule has 4 fully saturated rings. The minimum atomic E-state index is -0.924. The zero-order valence-electron chi connectivity index (χ0n) is 60.1. The fourth-order valence-corrected chi connectivity index (χ4v) is 17.0. The fraction of sp³-hybridized carbons (Fsp3) is 0.436. The largest absolute Gasteiger partial charge is 0.488 e. The van der Waals surface area contributed by atoms with E-state index in [1.54, 1.807) is 12.4 Å². The lowest BCUT2D eigenvalue weighted by molar-refractivity contribution is -0.138. The molecule has 4 saturated heterocycles. The Morgan fingerprint density at radius 1 is 0.500 bits per heavy atom. The molecule has 10 heterocycles. The van der Waals surface area contributed by atoms with Crippen LogP contribution in [0.1, 0.15) is 177 Å². The number of fused-ring (bicyclic) bond motifs is 12. The summed E-state index contributed by atoms with van der Waals surface area (Å²) in [6.07, 6.45) is 8.41. The third-order valence-corrected chi connectivity index (χ3v) is 22.5. The van der Waals surface area contributed by atoms with Gasteiger partial charge in [0.1, 0.15) is 60.1 Å². The Bertz CT molecular complexity index is 4900. The Kier molecular flexibility index (Phi) is 18.1. The molecule has 0 spiro atoms. The number of ether oxygens (including phenoxy) is 4. The average Bonchev–Trinajstić information content (AvgIpc) is 1.09. The number of carbonyl (C=O) groups excluding carboxylic acids is 4. The molecule has 0 bridgehead atoms. The zero-order valence-corrected chi connectivity index (χ0v) is 60.1. The molecule has 4 aromatic heterocycles. The van der Waals surface area contributed by atoms with Crippen molar-refractivity contribution in [1.82, 2.24) is 70.1 Å². The Morgan fingerprint density at radius 2 is 0.971 bits per heavy atom. The molecule has 1 aliphatic carbocycles. The normalized spacial score (nSPS) is 22.0. The Balaban J connectivity index is 0.000000167. The van der Waals surface area contributed by atoms with Crippen LogP contribution in [0.4, 0.5) is 19.2 Å². The van der Waals surface area contributed by atoms with Gasteiger partial charge in [-0.1, -0.05) is 58.0 Å². The van der Waals surface area contributed by atoms with E-state index in [9.17, 15) is 39.0 Å². The van der Waals surface area contributed by atoms with Gasteiger partial charge in [-0.25, -0.2) is 39.1 Å². The van der Waals surface area contributed by atoms with Gasteiger partial charge in [0.25, 0.3) is 0 Å². The van der Waals surface area contributed by atoms with Crippen molar-refractivity contribution in [2.24, 2.45) is 11.8 Å². The minimum absolute atomic E-state index is 0.00217. The molecule has 3 unspecified atom stereocenters. The second-order valence-electron chi connectivity index (χ2n) is 29.6. The lowest BCUT2D eigenvalue weighted by Crippen LogP contribution is -2.52. The maximum absolute atomic E-state index is 13.9. The van der Waals surface area contributed by atoms with Crippen molar-refractivity contribution in [3.63, 3.8) is 0 Å². The number of aromatic amines is 4. The molecule has 542 valence electrons. The molecule has 26 heteroatoms.